The van der Waals surface area contributed by atoms with Crippen LogP contribution in [0, 0.1) is 10.1 Å². The molecule has 0 N–H and O–H groups in total. The number of rotatable bonds is 3. The normalized spacial score (nSPS) is 10.5. The van der Waals surface area contributed by atoms with Crippen LogP contribution >= 0.6 is 15.9 Å². The van der Waals surface area contributed by atoms with E-state index in [-0.39, 0.29) is 11.3 Å². The number of carbonyl (C=O) groups is 1. The molecule has 0 aliphatic heterocycles. The molecule has 0 aromatic heterocycles. The van der Waals surface area contributed by atoms with E-state index in [1.807, 2.05) is 30.3 Å². The van der Waals surface area contributed by atoms with Gasteiger partial charge in [0.15, 0.2) is 0 Å². The molecule has 6 heteroatoms. The number of nitro groups is 1. The Kier molecular flexibility index (Phi) is 4.08. The van der Waals surface area contributed by atoms with Crippen LogP contribution in [0.15, 0.2) is 65.1 Å². The summed E-state index contributed by atoms with van der Waals surface area (Å²) in [7, 11) is 0. The molecule has 3 aromatic carbocycles. The first-order valence-electron chi connectivity index (χ1n) is 6.70. The Morgan fingerprint density at radius 2 is 1.83 bits per heavy atom. The predicted molar refractivity (Wildman–Crippen MR) is 89.7 cm³/mol. The van der Waals surface area contributed by atoms with E-state index in [9.17, 15) is 14.9 Å². The number of benzene rings is 3. The van der Waals surface area contributed by atoms with Gasteiger partial charge in [-0.25, -0.2) is 4.79 Å². The number of hydrogen-bond donors (Lipinski definition) is 0. The van der Waals surface area contributed by atoms with Crippen molar-refractivity contribution in [2.24, 2.45) is 0 Å². The van der Waals surface area contributed by atoms with Crippen LogP contribution in [0.2, 0.25) is 0 Å². The maximum absolute atomic E-state index is 12.2. The van der Waals surface area contributed by atoms with Gasteiger partial charge in [-0.1, -0.05) is 36.4 Å². The summed E-state index contributed by atoms with van der Waals surface area (Å²) in [6, 6.07) is 16.6. The molecule has 0 saturated heterocycles. The van der Waals surface area contributed by atoms with Crippen molar-refractivity contribution in [3.8, 4) is 5.75 Å². The summed E-state index contributed by atoms with van der Waals surface area (Å²) in [5, 5.41) is 12.7. The van der Waals surface area contributed by atoms with E-state index in [1.165, 1.54) is 24.3 Å². The van der Waals surface area contributed by atoms with Gasteiger partial charge in [-0.15, -0.1) is 0 Å². The summed E-state index contributed by atoms with van der Waals surface area (Å²) < 4.78 is 6.03. The topological polar surface area (TPSA) is 69.4 Å². The van der Waals surface area contributed by atoms with E-state index >= 15 is 0 Å². The molecule has 3 aromatic rings. The zero-order valence-electron chi connectivity index (χ0n) is 11.7. The summed E-state index contributed by atoms with van der Waals surface area (Å²) >= 11 is 3.44. The molecule has 0 amide bonds. The highest BCUT2D eigenvalue weighted by Gasteiger charge is 2.15. The van der Waals surface area contributed by atoms with Crippen molar-refractivity contribution < 1.29 is 14.5 Å². The molecule has 0 aliphatic carbocycles. The van der Waals surface area contributed by atoms with E-state index in [1.54, 1.807) is 6.07 Å². The molecule has 5 nitrogen and oxygen atoms in total. The van der Waals surface area contributed by atoms with Gasteiger partial charge in [-0.05, 0) is 38.8 Å². The van der Waals surface area contributed by atoms with E-state index in [0.29, 0.717) is 10.2 Å². The average Bonchev–Trinajstić information content (AvgIpc) is 2.57. The average molecular weight is 372 g/mol. The fraction of sp³-hybridized carbons (Fsp3) is 0. The standard InChI is InChI=1S/C17H10BrNO4/c18-16-14-7-2-1-4-11(14)8-9-15(16)23-17(20)12-5-3-6-13(10-12)19(21)22/h1-10H. The first-order valence-corrected chi connectivity index (χ1v) is 7.49. The molecule has 114 valence electrons. The zero-order chi connectivity index (χ0) is 16.4. The van der Waals surface area contributed by atoms with Crippen LogP contribution in [-0.4, -0.2) is 10.9 Å². The highest BCUT2D eigenvalue weighted by atomic mass is 79.9. The number of hydrogen-bond acceptors (Lipinski definition) is 4. The molecule has 0 saturated carbocycles. The van der Waals surface area contributed by atoms with Crippen molar-refractivity contribution in [2.45, 2.75) is 0 Å². The number of esters is 1. The minimum atomic E-state index is -0.648. The highest BCUT2D eigenvalue weighted by molar-refractivity contribution is 9.10. The number of nitro benzene ring substituents is 1. The van der Waals surface area contributed by atoms with Crippen molar-refractivity contribution in [3.63, 3.8) is 0 Å². The fourth-order valence-corrected chi connectivity index (χ4v) is 2.77. The van der Waals surface area contributed by atoms with Crippen LogP contribution in [0.3, 0.4) is 0 Å². The smallest absolute Gasteiger partial charge is 0.343 e. The van der Waals surface area contributed by atoms with Gasteiger partial charge in [0.25, 0.3) is 5.69 Å². The Labute approximate surface area is 139 Å². The van der Waals surface area contributed by atoms with Crippen LogP contribution in [0.25, 0.3) is 10.8 Å². The molecule has 0 unspecified atom stereocenters. The third-order valence-electron chi connectivity index (χ3n) is 3.32. The van der Waals surface area contributed by atoms with Gasteiger partial charge in [0.2, 0.25) is 0 Å². The van der Waals surface area contributed by atoms with Crippen LogP contribution in [0.4, 0.5) is 5.69 Å². The Balaban J connectivity index is 1.93. The number of non-ortho nitro benzene ring substituents is 1. The zero-order valence-corrected chi connectivity index (χ0v) is 13.3. The molecule has 23 heavy (non-hydrogen) atoms. The van der Waals surface area contributed by atoms with Crippen LogP contribution in [0.5, 0.6) is 5.75 Å². The minimum Gasteiger partial charge on any atom is -0.422 e. The summed E-state index contributed by atoms with van der Waals surface area (Å²) in [5.41, 5.74) is -0.0312. The molecule has 0 fully saturated rings. The highest BCUT2D eigenvalue weighted by Crippen LogP contribution is 2.33. The molecule has 0 bridgehead atoms. The first-order chi connectivity index (χ1) is 11.1. The van der Waals surface area contributed by atoms with E-state index in [0.717, 1.165) is 10.8 Å². The lowest BCUT2D eigenvalue weighted by molar-refractivity contribution is -0.384. The second-order valence-electron chi connectivity index (χ2n) is 4.80. The predicted octanol–water partition coefficient (Wildman–Crippen LogP) is 4.73. The van der Waals surface area contributed by atoms with Gasteiger partial charge >= 0.3 is 5.97 Å². The summed E-state index contributed by atoms with van der Waals surface area (Å²) in [6.45, 7) is 0. The second-order valence-corrected chi connectivity index (χ2v) is 5.59. The van der Waals surface area contributed by atoms with Crippen molar-refractivity contribution in [1.82, 2.24) is 0 Å². The first kappa shape index (κ1) is 15.2. The van der Waals surface area contributed by atoms with E-state index in [4.69, 9.17) is 4.74 Å². The van der Waals surface area contributed by atoms with Gasteiger partial charge in [-0.2, -0.15) is 0 Å². The SMILES string of the molecule is O=C(Oc1ccc2ccccc2c1Br)c1cccc([N+](=O)[O-])c1. The number of ether oxygens (including phenoxy) is 1. The van der Waals surface area contributed by atoms with Crippen LogP contribution < -0.4 is 4.74 Å². The molecular formula is C17H10BrNO4. The molecule has 0 atom stereocenters. The number of nitrogens with zero attached hydrogens (tertiary/aromatic N) is 1. The molecule has 0 radical (unpaired) electrons. The number of fused-ring (bicyclic) bond motifs is 1. The molecule has 0 aliphatic rings. The third kappa shape index (κ3) is 3.07. The Hall–Kier alpha value is -2.73. The van der Waals surface area contributed by atoms with Crippen molar-refractivity contribution in [2.75, 3.05) is 0 Å². The molecular weight excluding hydrogens is 362 g/mol. The monoisotopic (exact) mass is 371 g/mol. The third-order valence-corrected chi connectivity index (χ3v) is 4.14. The Bertz CT molecular complexity index is 923. The second kappa shape index (κ2) is 6.18. The van der Waals surface area contributed by atoms with Gasteiger partial charge in [-0.3, -0.25) is 10.1 Å². The number of halogens is 1. The summed E-state index contributed by atoms with van der Waals surface area (Å²) in [5.74, 6) is -0.287. The molecule has 0 heterocycles. The molecule has 0 spiro atoms. The largest absolute Gasteiger partial charge is 0.422 e. The Morgan fingerprint density at radius 3 is 2.61 bits per heavy atom. The van der Waals surface area contributed by atoms with Gasteiger partial charge < -0.3 is 4.74 Å². The van der Waals surface area contributed by atoms with Crippen LogP contribution in [0.1, 0.15) is 10.4 Å². The lowest BCUT2D eigenvalue weighted by atomic mass is 10.1. The lowest BCUT2D eigenvalue weighted by Crippen LogP contribution is -2.09. The van der Waals surface area contributed by atoms with Gasteiger partial charge in [0, 0.05) is 12.1 Å². The fourth-order valence-electron chi connectivity index (χ4n) is 2.20. The maximum atomic E-state index is 12.2. The van der Waals surface area contributed by atoms with Gasteiger partial charge in [0.1, 0.15) is 5.75 Å². The Morgan fingerprint density at radius 1 is 1.04 bits per heavy atom. The van der Waals surface area contributed by atoms with E-state index in [2.05, 4.69) is 15.9 Å². The van der Waals surface area contributed by atoms with Gasteiger partial charge in [0.05, 0.1) is 15.0 Å². The maximum Gasteiger partial charge on any atom is 0.343 e. The minimum absolute atomic E-state index is 0.124. The van der Waals surface area contributed by atoms with Crippen molar-refractivity contribution in [3.05, 3.63) is 80.8 Å². The summed E-state index contributed by atoms with van der Waals surface area (Å²) in [6.07, 6.45) is 0. The van der Waals surface area contributed by atoms with E-state index < -0.39 is 10.9 Å². The van der Waals surface area contributed by atoms with Crippen molar-refractivity contribution >= 4 is 38.4 Å². The quantitative estimate of drug-likeness (QED) is 0.289. The van der Waals surface area contributed by atoms with Crippen molar-refractivity contribution in [1.29, 1.82) is 0 Å². The number of carbonyl (C=O) groups excluding carboxylic acids is 1. The molecule has 3 rings (SSSR count). The summed E-state index contributed by atoms with van der Waals surface area (Å²) in [4.78, 5) is 22.4. The van der Waals surface area contributed by atoms with Crippen LogP contribution in [-0.2, 0) is 0 Å². The lowest BCUT2D eigenvalue weighted by Gasteiger charge is -2.09.